The van der Waals surface area contributed by atoms with Crippen molar-refractivity contribution >= 4 is 27.7 Å². The first-order valence-electron chi connectivity index (χ1n) is 9.93. The fourth-order valence-corrected chi connectivity index (χ4v) is 5.68. The largest absolute Gasteiger partial charge is 0.461 e. The average molecular weight is 495 g/mol. The molecule has 12 heteroatoms. The number of nitrogens with zero attached hydrogens (tertiary/aromatic N) is 4. The maximum absolute atomic E-state index is 14.0. The van der Waals surface area contributed by atoms with Gasteiger partial charge >= 0.3 is 0 Å². The minimum atomic E-state index is -4.24. The van der Waals surface area contributed by atoms with Gasteiger partial charge in [0.1, 0.15) is 21.6 Å². The van der Waals surface area contributed by atoms with E-state index in [0.717, 1.165) is 16.4 Å². The highest BCUT2D eigenvalue weighted by atomic mass is 32.2. The highest BCUT2D eigenvalue weighted by molar-refractivity contribution is 7.98. The number of benzene rings is 1. The number of aryl methyl sites for hydroxylation is 1. The standard InChI is InChI=1S/C21H20F2N4O4S2/c1-13-18(20(32-2)25-19(24-13)16-4-3-11-31-16)21(28)26-7-9-27(10-8-26)33(29,30)17-12-14(22)5-6-15(17)23/h3-6,11-12H,7-10H2,1-2H3. The molecule has 3 heterocycles. The molecule has 1 saturated heterocycles. The van der Waals surface area contributed by atoms with Gasteiger partial charge in [-0.1, -0.05) is 0 Å². The van der Waals surface area contributed by atoms with Crippen LogP contribution in [0, 0.1) is 18.6 Å². The van der Waals surface area contributed by atoms with E-state index in [1.807, 2.05) is 0 Å². The number of rotatable bonds is 5. The fraction of sp³-hybridized carbons (Fsp3) is 0.286. The average Bonchev–Trinajstić information content (AvgIpc) is 3.35. The van der Waals surface area contributed by atoms with E-state index in [4.69, 9.17) is 4.42 Å². The Hall–Kier alpha value is -2.83. The van der Waals surface area contributed by atoms with E-state index in [-0.39, 0.29) is 32.1 Å². The van der Waals surface area contributed by atoms with Crippen LogP contribution in [0.1, 0.15) is 16.1 Å². The molecule has 2 aromatic heterocycles. The van der Waals surface area contributed by atoms with E-state index in [1.165, 1.54) is 22.9 Å². The summed E-state index contributed by atoms with van der Waals surface area (Å²) in [6, 6.07) is 5.74. The topological polar surface area (TPSA) is 96.6 Å². The van der Waals surface area contributed by atoms with Crippen molar-refractivity contribution in [2.24, 2.45) is 0 Å². The van der Waals surface area contributed by atoms with Gasteiger partial charge in [0, 0.05) is 26.2 Å². The molecule has 0 spiro atoms. The molecule has 1 fully saturated rings. The van der Waals surface area contributed by atoms with Crippen molar-refractivity contribution in [3.63, 3.8) is 0 Å². The summed E-state index contributed by atoms with van der Waals surface area (Å²) in [5, 5.41) is 0.482. The number of hydrogen-bond donors (Lipinski definition) is 0. The number of amides is 1. The monoisotopic (exact) mass is 494 g/mol. The lowest BCUT2D eigenvalue weighted by molar-refractivity contribution is 0.0692. The van der Waals surface area contributed by atoms with Gasteiger partial charge in [-0.3, -0.25) is 4.79 Å². The van der Waals surface area contributed by atoms with Crippen LogP contribution >= 0.6 is 11.8 Å². The molecule has 1 aliphatic rings. The van der Waals surface area contributed by atoms with Gasteiger partial charge < -0.3 is 9.32 Å². The lowest BCUT2D eigenvalue weighted by atomic mass is 10.2. The minimum absolute atomic E-state index is 0.0526. The third-order valence-electron chi connectivity index (χ3n) is 5.24. The van der Waals surface area contributed by atoms with Crippen molar-refractivity contribution in [1.82, 2.24) is 19.2 Å². The fourth-order valence-electron chi connectivity index (χ4n) is 3.56. The number of aromatic nitrogens is 2. The molecule has 4 rings (SSSR count). The molecule has 0 N–H and O–H groups in total. The summed E-state index contributed by atoms with van der Waals surface area (Å²) in [6.07, 6.45) is 3.30. The van der Waals surface area contributed by atoms with Crippen LogP contribution in [0.2, 0.25) is 0 Å². The number of sulfonamides is 1. The normalized spacial score (nSPS) is 15.1. The summed E-state index contributed by atoms with van der Waals surface area (Å²) in [4.78, 5) is 22.9. The van der Waals surface area contributed by atoms with Crippen molar-refractivity contribution < 1.29 is 26.4 Å². The van der Waals surface area contributed by atoms with Crippen molar-refractivity contribution in [2.75, 3.05) is 32.4 Å². The third-order valence-corrected chi connectivity index (χ3v) is 7.84. The summed E-state index contributed by atoms with van der Waals surface area (Å²) >= 11 is 1.29. The summed E-state index contributed by atoms with van der Waals surface area (Å²) in [7, 11) is -4.24. The Morgan fingerprint density at radius 3 is 2.48 bits per heavy atom. The van der Waals surface area contributed by atoms with E-state index in [1.54, 1.807) is 25.3 Å². The molecule has 1 aliphatic heterocycles. The first-order chi connectivity index (χ1) is 15.7. The second kappa shape index (κ2) is 9.20. The van der Waals surface area contributed by atoms with Gasteiger partial charge in [-0.15, -0.1) is 11.8 Å². The molecule has 1 amide bonds. The Labute approximate surface area is 193 Å². The summed E-state index contributed by atoms with van der Waals surface area (Å²) in [5.41, 5.74) is 0.813. The Morgan fingerprint density at radius 2 is 1.85 bits per heavy atom. The third kappa shape index (κ3) is 4.50. The minimum Gasteiger partial charge on any atom is -0.461 e. The molecule has 8 nitrogen and oxygen atoms in total. The van der Waals surface area contributed by atoms with E-state index in [2.05, 4.69) is 9.97 Å². The molecule has 0 bridgehead atoms. The summed E-state index contributed by atoms with van der Waals surface area (Å²) in [6.45, 7) is 1.77. The first-order valence-corrected chi connectivity index (χ1v) is 12.6. The number of thioether (sulfide) groups is 1. The highest BCUT2D eigenvalue weighted by Crippen LogP contribution is 2.27. The molecular weight excluding hydrogens is 474 g/mol. The number of carbonyl (C=O) groups excluding carboxylic acids is 1. The van der Waals surface area contributed by atoms with Gasteiger partial charge in [0.25, 0.3) is 5.91 Å². The van der Waals surface area contributed by atoms with Crippen molar-refractivity contribution in [2.45, 2.75) is 16.8 Å². The van der Waals surface area contributed by atoms with Gasteiger partial charge in [0.2, 0.25) is 10.0 Å². The lowest BCUT2D eigenvalue weighted by Crippen LogP contribution is -2.50. The van der Waals surface area contributed by atoms with Crippen LogP contribution in [0.3, 0.4) is 0 Å². The molecule has 0 unspecified atom stereocenters. The molecule has 0 saturated carbocycles. The predicted molar refractivity (Wildman–Crippen MR) is 117 cm³/mol. The second-order valence-corrected chi connectivity index (χ2v) is 9.97. The van der Waals surface area contributed by atoms with Crippen LogP contribution in [0.5, 0.6) is 0 Å². The van der Waals surface area contributed by atoms with E-state index in [9.17, 15) is 22.0 Å². The van der Waals surface area contributed by atoms with Crippen LogP contribution in [-0.4, -0.2) is 65.9 Å². The van der Waals surface area contributed by atoms with Gasteiger partial charge in [-0.25, -0.2) is 27.2 Å². The smallest absolute Gasteiger partial charge is 0.258 e. The van der Waals surface area contributed by atoms with Crippen LogP contribution in [-0.2, 0) is 10.0 Å². The maximum atomic E-state index is 14.0. The van der Waals surface area contributed by atoms with E-state index >= 15 is 0 Å². The summed E-state index contributed by atoms with van der Waals surface area (Å²) < 4.78 is 59.5. The predicted octanol–water partition coefficient (Wildman–Crippen LogP) is 3.19. The van der Waals surface area contributed by atoms with Gasteiger partial charge in [0.15, 0.2) is 11.6 Å². The van der Waals surface area contributed by atoms with E-state index in [0.29, 0.717) is 33.9 Å². The van der Waals surface area contributed by atoms with Crippen LogP contribution in [0.15, 0.2) is 50.9 Å². The van der Waals surface area contributed by atoms with Crippen LogP contribution in [0.4, 0.5) is 8.78 Å². The van der Waals surface area contributed by atoms with Gasteiger partial charge in [0.05, 0.1) is 17.5 Å². The molecule has 3 aromatic rings. The zero-order chi connectivity index (χ0) is 23.8. The molecule has 174 valence electrons. The molecule has 1 aromatic carbocycles. The Kier molecular flexibility index (Phi) is 6.50. The van der Waals surface area contributed by atoms with Gasteiger partial charge in [-0.2, -0.15) is 4.31 Å². The number of hydrogen-bond acceptors (Lipinski definition) is 7. The number of carbonyl (C=O) groups is 1. The summed E-state index contributed by atoms with van der Waals surface area (Å²) in [5.74, 6) is -1.34. The van der Waals surface area contributed by atoms with Crippen LogP contribution in [0.25, 0.3) is 11.6 Å². The second-order valence-electron chi connectivity index (χ2n) is 7.27. The Bertz CT molecular complexity index is 1290. The lowest BCUT2D eigenvalue weighted by Gasteiger charge is -2.34. The van der Waals surface area contributed by atoms with Crippen LogP contribution < -0.4 is 0 Å². The highest BCUT2D eigenvalue weighted by Gasteiger charge is 2.34. The van der Waals surface area contributed by atoms with Crippen molar-refractivity contribution in [3.05, 3.63) is 59.5 Å². The molecule has 0 aliphatic carbocycles. The SMILES string of the molecule is CSc1nc(-c2ccco2)nc(C)c1C(=O)N1CCN(S(=O)(=O)c2cc(F)ccc2F)CC1. The molecule has 0 radical (unpaired) electrons. The van der Waals surface area contributed by atoms with Gasteiger partial charge in [-0.05, 0) is 43.5 Å². The van der Waals surface area contributed by atoms with E-state index < -0.39 is 26.6 Å². The molecule has 33 heavy (non-hydrogen) atoms. The first kappa shape index (κ1) is 23.3. The van der Waals surface area contributed by atoms with Crippen molar-refractivity contribution in [3.8, 4) is 11.6 Å². The number of furan rings is 1. The Balaban J connectivity index is 1.54. The number of halogens is 2. The zero-order valence-corrected chi connectivity index (χ0v) is 19.4. The molecular formula is C21H20F2N4O4S2. The zero-order valence-electron chi connectivity index (χ0n) is 17.8. The number of piperazine rings is 1. The molecule has 0 atom stereocenters. The van der Waals surface area contributed by atoms with Crippen molar-refractivity contribution in [1.29, 1.82) is 0 Å². The maximum Gasteiger partial charge on any atom is 0.258 e. The quantitative estimate of drug-likeness (QED) is 0.397. The Morgan fingerprint density at radius 1 is 1.12 bits per heavy atom.